The number of benzene rings is 1. The summed E-state index contributed by atoms with van der Waals surface area (Å²) in [5, 5.41) is 0. The minimum Gasteiger partial charge on any atom is -0.493 e. The molecule has 0 amide bonds. The Morgan fingerprint density at radius 1 is 0.941 bits per heavy atom. The molecule has 1 aromatic carbocycles. The van der Waals surface area contributed by atoms with Crippen molar-refractivity contribution in [3.63, 3.8) is 0 Å². The van der Waals surface area contributed by atoms with Crippen LogP contribution in [0.1, 0.15) is 49.4 Å². The topological polar surface area (TPSA) is 76.5 Å². The number of aromatic nitrogens is 4. The molecule has 2 aliphatic rings. The normalized spacial score (nSPS) is 19.1. The van der Waals surface area contributed by atoms with Crippen molar-refractivity contribution < 1.29 is 9.47 Å². The van der Waals surface area contributed by atoms with Crippen LogP contribution < -0.4 is 14.4 Å². The van der Waals surface area contributed by atoms with Gasteiger partial charge in [0.25, 0.3) is 0 Å². The van der Waals surface area contributed by atoms with Gasteiger partial charge in [-0.15, -0.1) is 0 Å². The van der Waals surface area contributed by atoms with E-state index < -0.39 is 0 Å². The Morgan fingerprint density at radius 2 is 1.79 bits per heavy atom. The van der Waals surface area contributed by atoms with Crippen LogP contribution in [0.25, 0.3) is 0 Å². The zero-order valence-corrected chi connectivity index (χ0v) is 19.8. The molecule has 3 aromatic rings. The van der Waals surface area contributed by atoms with Crippen molar-refractivity contribution in [2.45, 2.75) is 44.6 Å². The predicted octanol–water partition coefficient (Wildman–Crippen LogP) is 4.44. The van der Waals surface area contributed by atoms with Gasteiger partial charge in [-0.1, -0.05) is 12.1 Å². The zero-order chi connectivity index (χ0) is 23.2. The molecule has 8 nitrogen and oxygen atoms in total. The number of hydrogen-bond donors (Lipinski definition) is 0. The minimum absolute atomic E-state index is 0.311. The first-order chi connectivity index (χ1) is 16.8. The maximum Gasteiger partial charge on any atom is 0.238 e. The van der Waals surface area contributed by atoms with Gasteiger partial charge in [-0.2, -0.15) is 0 Å². The average molecular weight is 461 g/mol. The van der Waals surface area contributed by atoms with Crippen LogP contribution in [0.5, 0.6) is 17.4 Å². The Bertz CT molecular complexity index is 1090. The Labute approximate surface area is 201 Å². The van der Waals surface area contributed by atoms with E-state index in [1.807, 2.05) is 42.7 Å². The predicted molar refractivity (Wildman–Crippen MR) is 130 cm³/mol. The maximum atomic E-state index is 5.99. The van der Waals surface area contributed by atoms with Gasteiger partial charge in [-0.05, 0) is 56.8 Å². The number of nitrogens with zero attached hydrogens (tertiary/aromatic N) is 6. The number of hydrogen-bond acceptors (Lipinski definition) is 8. The summed E-state index contributed by atoms with van der Waals surface area (Å²) in [6.07, 6.45) is 11.4. The standard InChI is InChI=1S/C26H32N6O2/c1-33-23-9-3-4-10-24(23)34-25-17-27-16-22(30-25)20-8-7-13-31(18-20)19-21-11-12-28-26(29-21)32-14-5-2-6-15-32/h3-4,9-12,16-17,20H,2,5-8,13-15,18-19H2,1H3. The van der Waals surface area contributed by atoms with E-state index >= 15 is 0 Å². The number of likely N-dealkylation sites (tertiary alicyclic amines) is 1. The van der Waals surface area contributed by atoms with Crippen molar-refractivity contribution in [1.82, 2.24) is 24.8 Å². The van der Waals surface area contributed by atoms with Gasteiger partial charge >= 0.3 is 0 Å². The van der Waals surface area contributed by atoms with Crippen LogP contribution >= 0.6 is 0 Å². The number of para-hydroxylation sites is 2. The molecule has 2 saturated heterocycles. The fourth-order valence-electron chi connectivity index (χ4n) is 4.81. The van der Waals surface area contributed by atoms with Crippen LogP contribution in [-0.4, -0.2) is 58.1 Å². The van der Waals surface area contributed by atoms with Gasteiger partial charge in [0.15, 0.2) is 11.5 Å². The lowest BCUT2D eigenvalue weighted by molar-refractivity contribution is 0.196. The second-order valence-corrected chi connectivity index (χ2v) is 9.01. The fraction of sp³-hybridized carbons (Fsp3) is 0.462. The Hall–Kier alpha value is -3.26. The summed E-state index contributed by atoms with van der Waals surface area (Å²) < 4.78 is 11.4. The highest BCUT2D eigenvalue weighted by molar-refractivity contribution is 5.41. The summed E-state index contributed by atoms with van der Waals surface area (Å²) >= 11 is 0. The third kappa shape index (κ3) is 5.44. The highest BCUT2D eigenvalue weighted by Crippen LogP contribution is 2.32. The SMILES string of the molecule is COc1ccccc1Oc1cncc(C2CCCN(Cc3ccnc(N4CCCCC4)n3)C2)n1. The van der Waals surface area contributed by atoms with Crippen LogP contribution in [0.15, 0.2) is 48.9 Å². The zero-order valence-electron chi connectivity index (χ0n) is 19.8. The second kappa shape index (κ2) is 10.8. The van der Waals surface area contributed by atoms with Crippen LogP contribution in [0.4, 0.5) is 5.95 Å². The average Bonchev–Trinajstić information content (AvgIpc) is 2.90. The van der Waals surface area contributed by atoms with Crippen LogP contribution in [-0.2, 0) is 6.54 Å². The molecule has 4 heterocycles. The molecule has 178 valence electrons. The molecule has 0 radical (unpaired) electrons. The Balaban J connectivity index is 1.25. The smallest absolute Gasteiger partial charge is 0.238 e. The first-order valence-electron chi connectivity index (χ1n) is 12.2. The first kappa shape index (κ1) is 22.5. The van der Waals surface area contributed by atoms with E-state index in [2.05, 4.69) is 19.8 Å². The molecule has 0 N–H and O–H groups in total. The third-order valence-corrected chi connectivity index (χ3v) is 6.56. The van der Waals surface area contributed by atoms with Gasteiger partial charge in [-0.3, -0.25) is 9.88 Å². The lowest BCUT2D eigenvalue weighted by Crippen LogP contribution is -2.35. The van der Waals surface area contributed by atoms with E-state index in [1.54, 1.807) is 13.3 Å². The molecular weight excluding hydrogens is 428 g/mol. The lowest BCUT2D eigenvalue weighted by atomic mass is 9.95. The summed E-state index contributed by atoms with van der Waals surface area (Å²) in [6.45, 7) is 4.92. The molecule has 1 unspecified atom stereocenters. The van der Waals surface area contributed by atoms with Crippen LogP contribution in [0.3, 0.4) is 0 Å². The lowest BCUT2D eigenvalue weighted by Gasteiger charge is -2.32. The molecule has 0 saturated carbocycles. The molecule has 2 aromatic heterocycles. The summed E-state index contributed by atoms with van der Waals surface area (Å²) in [6, 6.07) is 9.61. The van der Waals surface area contributed by atoms with E-state index in [9.17, 15) is 0 Å². The Morgan fingerprint density at radius 3 is 2.65 bits per heavy atom. The van der Waals surface area contributed by atoms with Gasteiger partial charge in [0, 0.05) is 44.5 Å². The molecule has 0 bridgehead atoms. The van der Waals surface area contributed by atoms with Gasteiger partial charge in [0.1, 0.15) is 0 Å². The monoisotopic (exact) mass is 460 g/mol. The van der Waals surface area contributed by atoms with Crippen molar-refractivity contribution >= 4 is 5.95 Å². The maximum absolute atomic E-state index is 5.99. The molecule has 0 spiro atoms. The van der Waals surface area contributed by atoms with Crippen molar-refractivity contribution in [2.75, 3.05) is 38.2 Å². The van der Waals surface area contributed by atoms with E-state index in [0.29, 0.717) is 23.3 Å². The summed E-state index contributed by atoms with van der Waals surface area (Å²) in [5.74, 6) is 2.98. The van der Waals surface area contributed by atoms with Gasteiger partial charge in [-0.25, -0.2) is 15.0 Å². The number of methoxy groups -OCH3 is 1. The minimum atomic E-state index is 0.311. The molecular formula is C26H32N6O2. The quantitative estimate of drug-likeness (QED) is 0.512. The summed E-state index contributed by atoms with van der Waals surface area (Å²) in [7, 11) is 1.63. The highest BCUT2D eigenvalue weighted by Gasteiger charge is 2.24. The largest absolute Gasteiger partial charge is 0.493 e. The van der Waals surface area contributed by atoms with Gasteiger partial charge < -0.3 is 14.4 Å². The fourth-order valence-corrected chi connectivity index (χ4v) is 4.81. The number of rotatable bonds is 7. The van der Waals surface area contributed by atoms with Crippen molar-refractivity contribution in [3.05, 3.63) is 60.3 Å². The Kier molecular flexibility index (Phi) is 7.14. The van der Waals surface area contributed by atoms with Crippen molar-refractivity contribution in [3.8, 4) is 17.4 Å². The second-order valence-electron chi connectivity index (χ2n) is 9.01. The number of piperidine rings is 2. The molecule has 8 heteroatoms. The summed E-state index contributed by atoms with van der Waals surface area (Å²) in [4.78, 5) is 23.4. The van der Waals surface area contributed by atoms with Crippen LogP contribution in [0, 0.1) is 0 Å². The van der Waals surface area contributed by atoms with E-state index in [0.717, 1.165) is 62.9 Å². The van der Waals surface area contributed by atoms with E-state index in [4.69, 9.17) is 19.4 Å². The molecule has 5 rings (SSSR count). The van der Waals surface area contributed by atoms with Crippen molar-refractivity contribution in [1.29, 1.82) is 0 Å². The molecule has 1 atom stereocenters. The molecule has 2 fully saturated rings. The van der Waals surface area contributed by atoms with Crippen molar-refractivity contribution in [2.24, 2.45) is 0 Å². The first-order valence-corrected chi connectivity index (χ1v) is 12.2. The molecule has 34 heavy (non-hydrogen) atoms. The molecule has 0 aliphatic carbocycles. The van der Waals surface area contributed by atoms with E-state index in [-0.39, 0.29) is 0 Å². The number of ether oxygens (including phenoxy) is 2. The van der Waals surface area contributed by atoms with E-state index in [1.165, 1.54) is 19.3 Å². The molecule has 2 aliphatic heterocycles. The third-order valence-electron chi connectivity index (χ3n) is 6.56. The number of anilines is 1. The van der Waals surface area contributed by atoms with Crippen LogP contribution in [0.2, 0.25) is 0 Å². The summed E-state index contributed by atoms with van der Waals surface area (Å²) in [5.41, 5.74) is 2.05. The van der Waals surface area contributed by atoms with Gasteiger partial charge in [0.2, 0.25) is 11.8 Å². The van der Waals surface area contributed by atoms with Gasteiger partial charge in [0.05, 0.1) is 24.7 Å². The highest BCUT2D eigenvalue weighted by atomic mass is 16.5.